The van der Waals surface area contributed by atoms with Gasteiger partial charge in [-0.25, -0.2) is 13.2 Å². The predicted octanol–water partition coefficient (Wildman–Crippen LogP) is 2.01. The summed E-state index contributed by atoms with van der Waals surface area (Å²) in [6.07, 6.45) is 7.78. The van der Waals surface area contributed by atoms with E-state index in [0.717, 1.165) is 19.3 Å². The van der Waals surface area contributed by atoms with Crippen LogP contribution in [0.5, 0.6) is 0 Å². The summed E-state index contributed by atoms with van der Waals surface area (Å²) in [6, 6.07) is 5.77. The van der Waals surface area contributed by atoms with Crippen molar-refractivity contribution in [3.05, 3.63) is 42.0 Å². The second kappa shape index (κ2) is 8.22. The molecular formula is C19H24N2O5S. The molecule has 0 bridgehead atoms. The summed E-state index contributed by atoms with van der Waals surface area (Å²) in [6.45, 7) is 0.415. The van der Waals surface area contributed by atoms with Crippen LogP contribution in [-0.4, -0.2) is 48.8 Å². The lowest BCUT2D eigenvalue weighted by Crippen LogP contribution is -2.45. The molecule has 1 fully saturated rings. The first-order valence-corrected chi connectivity index (χ1v) is 10.6. The van der Waals surface area contributed by atoms with Crippen molar-refractivity contribution in [2.24, 2.45) is 5.92 Å². The van der Waals surface area contributed by atoms with Crippen LogP contribution in [0.25, 0.3) is 0 Å². The Morgan fingerprint density at radius 3 is 2.41 bits per heavy atom. The van der Waals surface area contributed by atoms with Gasteiger partial charge in [-0.1, -0.05) is 24.3 Å². The van der Waals surface area contributed by atoms with Gasteiger partial charge in [-0.2, -0.15) is 4.31 Å². The highest BCUT2D eigenvalue weighted by Gasteiger charge is 2.34. The first-order chi connectivity index (χ1) is 12.9. The topological polar surface area (TPSA) is 104 Å². The molecule has 1 amide bonds. The lowest BCUT2D eigenvalue weighted by molar-refractivity contribution is -0.126. The van der Waals surface area contributed by atoms with Crippen molar-refractivity contribution in [1.82, 2.24) is 9.62 Å². The van der Waals surface area contributed by atoms with Gasteiger partial charge in [0.25, 0.3) is 0 Å². The standard InChI is InChI=1S/C19H24N2O5S/c22-18(20-15-6-2-1-3-7-15)14-10-12-21(13-11-14)27(25,26)17-9-5-4-8-16(17)19(23)24/h1-2,4-5,8-9,14-15H,3,6-7,10-13H2,(H,20,22)(H,23,24). The van der Waals surface area contributed by atoms with Gasteiger partial charge < -0.3 is 10.4 Å². The zero-order valence-electron chi connectivity index (χ0n) is 15.0. The van der Waals surface area contributed by atoms with Gasteiger partial charge in [0.15, 0.2) is 0 Å². The minimum Gasteiger partial charge on any atom is -0.478 e. The maximum absolute atomic E-state index is 12.9. The Hall–Kier alpha value is -2.19. The summed E-state index contributed by atoms with van der Waals surface area (Å²) in [5, 5.41) is 12.3. The van der Waals surface area contributed by atoms with Crippen molar-refractivity contribution in [1.29, 1.82) is 0 Å². The quantitative estimate of drug-likeness (QED) is 0.746. The monoisotopic (exact) mass is 392 g/mol. The Bertz CT molecular complexity index is 841. The molecular weight excluding hydrogens is 368 g/mol. The molecule has 2 N–H and O–H groups in total. The lowest BCUT2D eigenvalue weighted by Gasteiger charge is -2.32. The Morgan fingerprint density at radius 2 is 1.78 bits per heavy atom. The van der Waals surface area contributed by atoms with Crippen molar-refractivity contribution >= 4 is 21.9 Å². The van der Waals surface area contributed by atoms with Crippen LogP contribution in [0.3, 0.4) is 0 Å². The molecule has 1 aromatic carbocycles. The first kappa shape index (κ1) is 19.6. The number of rotatable bonds is 5. The molecule has 7 nitrogen and oxygen atoms in total. The Morgan fingerprint density at radius 1 is 1.07 bits per heavy atom. The van der Waals surface area contributed by atoms with Crippen LogP contribution < -0.4 is 5.32 Å². The van der Waals surface area contributed by atoms with Crippen LogP contribution in [0, 0.1) is 5.92 Å². The van der Waals surface area contributed by atoms with E-state index < -0.39 is 16.0 Å². The third-order valence-electron chi connectivity index (χ3n) is 5.18. The van der Waals surface area contributed by atoms with Crippen LogP contribution in [0.15, 0.2) is 41.3 Å². The second-order valence-electron chi connectivity index (χ2n) is 6.97. The smallest absolute Gasteiger partial charge is 0.337 e. The Labute approximate surface area is 159 Å². The second-order valence-corrected chi connectivity index (χ2v) is 8.88. The van der Waals surface area contributed by atoms with Gasteiger partial charge in [0.05, 0.1) is 10.5 Å². The van der Waals surface area contributed by atoms with E-state index >= 15 is 0 Å². The highest BCUT2D eigenvalue weighted by atomic mass is 32.2. The van der Waals surface area contributed by atoms with E-state index in [1.807, 2.05) is 0 Å². The van der Waals surface area contributed by atoms with Gasteiger partial charge in [-0.15, -0.1) is 0 Å². The van der Waals surface area contributed by atoms with Crippen molar-refractivity contribution < 1.29 is 23.1 Å². The largest absolute Gasteiger partial charge is 0.478 e. The normalized spacial score (nSPS) is 21.7. The van der Waals surface area contributed by atoms with E-state index in [4.69, 9.17) is 0 Å². The van der Waals surface area contributed by atoms with E-state index in [-0.39, 0.29) is 41.4 Å². The van der Waals surface area contributed by atoms with E-state index in [1.54, 1.807) is 0 Å². The van der Waals surface area contributed by atoms with Crippen LogP contribution >= 0.6 is 0 Å². The maximum atomic E-state index is 12.9. The minimum absolute atomic E-state index is 0.0155. The molecule has 0 spiro atoms. The van der Waals surface area contributed by atoms with E-state index in [9.17, 15) is 23.1 Å². The molecule has 27 heavy (non-hydrogen) atoms. The molecule has 1 saturated heterocycles. The number of piperidine rings is 1. The average Bonchev–Trinajstić information content (AvgIpc) is 2.69. The summed E-state index contributed by atoms with van der Waals surface area (Å²) in [7, 11) is -3.90. The molecule has 1 unspecified atom stereocenters. The number of carboxylic acid groups (broad SMARTS) is 1. The molecule has 0 aromatic heterocycles. The minimum atomic E-state index is -3.90. The van der Waals surface area contributed by atoms with Crippen LogP contribution in [0.1, 0.15) is 42.5 Å². The maximum Gasteiger partial charge on any atom is 0.337 e. The van der Waals surface area contributed by atoms with Gasteiger partial charge in [-0.3, -0.25) is 4.79 Å². The van der Waals surface area contributed by atoms with E-state index in [0.29, 0.717) is 12.8 Å². The summed E-state index contributed by atoms with van der Waals surface area (Å²) in [4.78, 5) is 23.6. The zero-order chi connectivity index (χ0) is 19.4. The van der Waals surface area contributed by atoms with Crippen LogP contribution in [0.4, 0.5) is 0 Å². The molecule has 1 aliphatic carbocycles. The van der Waals surface area contributed by atoms with Crippen molar-refractivity contribution in [2.45, 2.75) is 43.0 Å². The summed E-state index contributed by atoms with van der Waals surface area (Å²) in [5.41, 5.74) is -0.234. The molecule has 0 radical (unpaired) electrons. The number of hydrogen-bond donors (Lipinski definition) is 2. The fourth-order valence-electron chi connectivity index (χ4n) is 3.61. The van der Waals surface area contributed by atoms with Crippen LogP contribution in [0.2, 0.25) is 0 Å². The first-order valence-electron chi connectivity index (χ1n) is 9.17. The third kappa shape index (κ3) is 4.39. The lowest BCUT2D eigenvalue weighted by atomic mass is 9.95. The molecule has 146 valence electrons. The number of carbonyl (C=O) groups excluding carboxylic acids is 1. The molecule has 1 atom stereocenters. The van der Waals surface area contributed by atoms with E-state index in [2.05, 4.69) is 17.5 Å². The average molecular weight is 392 g/mol. The number of nitrogens with one attached hydrogen (secondary N) is 1. The molecule has 0 saturated carbocycles. The molecule has 1 aromatic rings. The zero-order valence-corrected chi connectivity index (χ0v) is 15.8. The molecule has 3 rings (SSSR count). The number of hydrogen-bond acceptors (Lipinski definition) is 4. The molecule has 2 aliphatic rings. The molecule has 8 heteroatoms. The summed E-state index contributed by atoms with van der Waals surface area (Å²) in [5.74, 6) is -1.50. The Kier molecular flexibility index (Phi) is 5.96. The number of amides is 1. The van der Waals surface area contributed by atoms with Gasteiger partial charge in [0.1, 0.15) is 0 Å². The Balaban J connectivity index is 1.64. The van der Waals surface area contributed by atoms with Gasteiger partial charge in [-0.05, 0) is 44.2 Å². The number of benzene rings is 1. The third-order valence-corrected chi connectivity index (χ3v) is 7.13. The van der Waals surface area contributed by atoms with Crippen LogP contribution in [-0.2, 0) is 14.8 Å². The number of carboxylic acids is 1. The number of allylic oxidation sites excluding steroid dienone is 1. The predicted molar refractivity (Wildman–Crippen MR) is 99.8 cm³/mol. The van der Waals surface area contributed by atoms with Crippen molar-refractivity contribution in [3.63, 3.8) is 0 Å². The van der Waals surface area contributed by atoms with Gasteiger partial charge in [0, 0.05) is 25.0 Å². The van der Waals surface area contributed by atoms with Gasteiger partial charge in [0.2, 0.25) is 15.9 Å². The fraction of sp³-hybridized carbons (Fsp3) is 0.474. The molecule has 1 heterocycles. The summed E-state index contributed by atoms with van der Waals surface area (Å²) < 4.78 is 27.0. The van der Waals surface area contributed by atoms with Gasteiger partial charge >= 0.3 is 5.97 Å². The number of carbonyl (C=O) groups is 2. The fourth-order valence-corrected chi connectivity index (χ4v) is 5.26. The SMILES string of the molecule is O=C(O)c1ccccc1S(=O)(=O)N1CCC(C(=O)NC2CC=CCC2)CC1. The number of sulfonamides is 1. The number of aromatic carboxylic acids is 1. The highest BCUT2D eigenvalue weighted by Crippen LogP contribution is 2.26. The van der Waals surface area contributed by atoms with E-state index in [1.165, 1.54) is 28.6 Å². The highest BCUT2D eigenvalue weighted by molar-refractivity contribution is 7.89. The summed E-state index contributed by atoms with van der Waals surface area (Å²) >= 11 is 0. The molecule has 1 aliphatic heterocycles. The van der Waals surface area contributed by atoms with Crippen molar-refractivity contribution in [3.8, 4) is 0 Å². The number of nitrogens with zero attached hydrogens (tertiary/aromatic N) is 1. The van der Waals surface area contributed by atoms with Crippen molar-refractivity contribution in [2.75, 3.05) is 13.1 Å².